The highest BCUT2D eigenvalue weighted by Crippen LogP contribution is 2.35. The van der Waals surface area contributed by atoms with Crippen LogP contribution in [-0.4, -0.2) is 15.3 Å². The first-order chi connectivity index (χ1) is 9.72. The van der Waals surface area contributed by atoms with Crippen molar-refractivity contribution in [2.75, 3.05) is 5.75 Å². The van der Waals surface area contributed by atoms with Gasteiger partial charge in [0.05, 0.1) is 11.5 Å². The first-order valence-electron chi connectivity index (χ1n) is 6.73. The first kappa shape index (κ1) is 13.7. The van der Waals surface area contributed by atoms with Crippen molar-refractivity contribution >= 4 is 33.3 Å². The number of aromatic nitrogens is 2. The molecule has 104 valence electrons. The highest BCUT2D eigenvalue weighted by atomic mass is 32.2. The Morgan fingerprint density at radius 2 is 2.35 bits per heavy atom. The number of hydrogen-bond acceptors (Lipinski definition) is 5. The maximum atomic E-state index is 12.5. The van der Waals surface area contributed by atoms with Gasteiger partial charge in [0.1, 0.15) is 4.83 Å². The van der Waals surface area contributed by atoms with E-state index in [2.05, 4.69) is 11.1 Å². The van der Waals surface area contributed by atoms with E-state index in [0.29, 0.717) is 6.42 Å². The van der Waals surface area contributed by atoms with E-state index in [0.717, 1.165) is 46.8 Å². The lowest BCUT2D eigenvalue weighted by Crippen LogP contribution is -2.20. The lowest BCUT2D eigenvalue weighted by atomic mass is 10.2. The second kappa shape index (κ2) is 5.58. The van der Waals surface area contributed by atoms with Gasteiger partial charge in [-0.15, -0.1) is 11.3 Å². The molecule has 0 unspecified atom stereocenters. The molecule has 0 spiro atoms. The molecular formula is C14H15N3OS2. The fourth-order valence-corrected chi connectivity index (χ4v) is 4.76. The molecule has 1 aliphatic rings. The summed E-state index contributed by atoms with van der Waals surface area (Å²) in [4.78, 5) is 19.4. The van der Waals surface area contributed by atoms with Crippen molar-refractivity contribution in [1.82, 2.24) is 9.55 Å². The van der Waals surface area contributed by atoms with E-state index in [1.54, 1.807) is 34.7 Å². The summed E-state index contributed by atoms with van der Waals surface area (Å²) in [6, 6.07) is 2.14. The van der Waals surface area contributed by atoms with Crippen molar-refractivity contribution in [3.8, 4) is 6.07 Å². The van der Waals surface area contributed by atoms with E-state index in [1.807, 2.05) is 0 Å². The standard InChI is InChI=1S/C14H15N3OS2/c1-17-13(18)11-9-5-4-6-10(9)20-12(11)16-14(17)19-8-3-2-7-15/h2-6,8H2,1H3. The van der Waals surface area contributed by atoms with E-state index in [1.165, 1.54) is 10.4 Å². The van der Waals surface area contributed by atoms with Gasteiger partial charge in [0.25, 0.3) is 5.56 Å². The fourth-order valence-electron chi connectivity index (χ4n) is 2.55. The van der Waals surface area contributed by atoms with Gasteiger partial charge in [-0.25, -0.2) is 4.98 Å². The average molecular weight is 305 g/mol. The zero-order valence-electron chi connectivity index (χ0n) is 11.3. The van der Waals surface area contributed by atoms with Gasteiger partial charge in [0.2, 0.25) is 0 Å². The van der Waals surface area contributed by atoms with Crippen LogP contribution in [0.3, 0.4) is 0 Å². The minimum atomic E-state index is 0.0807. The predicted molar refractivity (Wildman–Crippen MR) is 82.5 cm³/mol. The Bertz CT molecular complexity index is 754. The molecule has 4 nitrogen and oxygen atoms in total. The number of thioether (sulfide) groups is 1. The van der Waals surface area contributed by atoms with Crippen LogP contribution in [0, 0.1) is 11.3 Å². The molecule has 0 bridgehead atoms. The van der Waals surface area contributed by atoms with Crippen LogP contribution in [0.15, 0.2) is 9.95 Å². The number of unbranched alkanes of at least 4 members (excludes halogenated alkanes) is 1. The number of thiophene rings is 1. The molecule has 0 N–H and O–H groups in total. The summed E-state index contributed by atoms with van der Waals surface area (Å²) in [5.41, 5.74) is 1.32. The van der Waals surface area contributed by atoms with E-state index < -0.39 is 0 Å². The van der Waals surface area contributed by atoms with Gasteiger partial charge in [-0.05, 0) is 31.2 Å². The van der Waals surface area contributed by atoms with Crippen molar-refractivity contribution < 1.29 is 0 Å². The Hall–Kier alpha value is -1.32. The minimum Gasteiger partial charge on any atom is -0.290 e. The fraction of sp³-hybridized carbons (Fsp3) is 0.500. The maximum Gasteiger partial charge on any atom is 0.262 e. The van der Waals surface area contributed by atoms with E-state index in [-0.39, 0.29) is 5.56 Å². The number of fused-ring (bicyclic) bond motifs is 3. The van der Waals surface area contributed by atoms with Gasteiger partial charge in [-0.2, -0.15) is 5.26 Å². The molecule has 2 heterocycles. The molecule has 0 atom stereocenters. The van der Waals surface area contributed by atoms with Crippen molar-refractivity contribution in [3.63, 3.8) is 0 Å². The summed E-state index contributed by atoms with van der Waals surface area (Å²) in [7, 11) is 1.79. The SMILES string of the molecule is Cn1c(SCCCC#N)nc2sc3c(c2c1=O)CCC3. The third kappa shape index (κ3) is 2.25. The molecule has 0 saturated carbocycles. The lowest BCUT2D eigenvalue weighted by Gasteiger charge is -2.06. The number of hydrogen-bond donors (Lipinski definition) is 0. The third-order valence-electron chi connectivity index (χ3n) is 3.57. The van der Waals surface area contributed by atoms with Crippen LogP contribution in [0.5, 0.6) is 0 Å². The Morgan fingerprint density at radius 1 is 1.50 bits per heavy atom. The third-order valence-corrected chi connectivity index (χ3v) is 5.87. The van der Waals surface area contributed by atoms with Crippen LogP contribution < -0.4 is 5.56 Å². The molecule has 0 aliphatic heterocycles. The zero-order valence-corrected chi connectivity index (χ0v) is 12.9. The molecule has 0 aromatic carbocycles. The highest BCUT2D eigenvalue weighted by Gasteiger charge is 2.22. The topological polar surface area (TPSA) is 58.7 Å². The second-order valence-corrected chi connectivity index (χ2v) is 7.05. The molecule has 0 radical (unpaired) electrons. The summed E-state index contributed by atoms with van der Waals surface area (Å²) in [6.45, 7) is 0. The molecule has 0 amide bonds. The van der Waals surface area contributed by atoms with Crippen LogP contribution in [0.25, 0.3) is 10.2 Å². The van der Waals surface area contributed by atoms with Crippen LogP contribution in [0.1, 0.15) is 29.7 Å². The van der Waals surface area contributed by atoms with Gasteiger partial charge >= 0.3 is 0 Å². The molecule has 3 rings (SSSR count). The Balaban J connectivity index is 1.97. The summed E-state index contributed by atoms with van der Waals surface area (Å²) < 4.78 is 1.66. The lowest BCUT2D eigenvalue weighted by molar-refractivity contribution is 0.726. The number of nitriles is 1. The van der Waals surface area contributed by atoms with Crippen LogP contribution in [-0.2, 0) is 19.9 Å². The second-order valence-electron chi connectivity index (χ2n) is 4.91. The zero-order chi connectivity index (χ0) is 14.1. The van der Waals surface area contributed by atoms with Crippen molar-refractivity contribution in [3.05, 3.63) is 20.8 Å². The molecule has 0 fully saturated rings. The van der Waals surface area contributed by atoms with Crippen molar-refractivity contribution in [2.24, 2.45) is 7.05 Å². The summed E-state index contributed by atoms with van der Waals surface area (Å²) >= 11 is 3.24. The molecule has 2 aromatic rings. The Labute approximate surface area is 125 Å². The largest absolute Gasteiger partial charge is 0.290 e. The quantitative estimate of drug-likeness (QED) is 0.495. The van der Waals surface area contributed by atoms with Gasteiger partial charge in [0.15, 0.2) is 5.16 Å². The van der Waals surface area contributed by atoms with Gasteiger partial charge in [-0.1, -0.05) is 11.8 Å². The molecule has 1 aliphatic carbocycles. The van der Waals surface area contributed by atoms with Gasteiger partial charge < -0.3 is 0 Å². The number of nitrogens with zero attached hydrogens (tertiary/aromatic N) is 3. The van der Waals surface area contributed by atoms with Crippen molar-refractivity contribution in [1.29, 1.82) is 5.26 Å². The van der Waals surface area contributed by atoms with E-state index >= 15 is 0 Å². The normalized spacial score (nSPS) is 13.6. The van der Waals surface area contributed by atoms with E-state index in [9.17, 15) is 4.79 Å². The maximum absolute atomic E-state index is 12.5. The smallest absolute Gasteiger partial charge is 0.262 e. The molecule has 0 saturated heterocycles. The number of rotatable bonds is 4. The molecule has 20 heavy (non-hydrogen) atoms. The van der Waals surface area contributed by atoms with Gasteiger partial charge in [-0.3, -0.25) is 9.36 Å². The molecular weight excluding hydrogens is 290 g/mol. The summed E-state index contributed by atoms with van der Waals surface area (Å²) in [5, 5.41) is 10.1. The minimum absolute atomic E-state index is 0.0807. The monoisotopic (exact) mass is 305 g/mol. The summed E-state index contributed by atoms with van der Waals surface area (Å²) in [5.74, 6) is 0.824. The summed E-state index contributed by atoms with van der Waals surface area (Å²) in [6.07, 6.45) is 4.64. The molecule has 6 heteroatoms. The van der Waals surface area contributed by atoms with Crippen LogP contribution in [0.2, 0.25) is 0 Å². The first-order valence-corrected chi connectivity index (χ1v) is 8.53. The Morgan fingerprint density at radius 3 is 3.15 bits per heavy atom. The van der Waals surface area contributed by atoms with Crippen molar-refractivity contribution in [2.45, 2.75) is 37.3 Å². The predicted octanol–water partition coefficient (Wildman–Crippen LogP) is 2.88. The number of aryl methyl sites for hydroxylation is 2. The highest BCUT2D eigenvalue weighted by molar-refractivity contribution is 7.99. The van der Waals surface area contributed by atoms with Gasteiger partial charge in [0, 0.05) is 24.1 Å². The van der Waals surface area contributed by atoms with E-state index in [4.69, 9.17) is 5.26 Å². The average Bonchev–Trinajstić information content (AvgIpc) is 3.00. The molecule has 2 aromatic heterocycles. The van der Waals surface area contributed by atoms with Crippen LogP contribution >= 0.6 is 23.1 Å². The van der Waals surface area contributed by atoms with Crippen LogP contribution in [0.4, 0.5) is 0 Å². The Kier molecular flexibility index (Phi) is 3.81.